The van der Waals surface area contributed by atoms with Crippen molar-refractivity contribution in [1.82, 2.24) is 0 Å². The predicted molar refractivity (Wildman–Crippen MR) is 91.8 cm³/mol. The van der Waals surface area contributed by atoms with E-state index in [0.29, 0.717) is 0 Å². The first kappa shape index (κ1) is 14.5. The average Bonchev–Trinajstić information content (AvgIpc) is 2.35. The molecule has 0 spiro atoms. The lowest BCUT2D eigenvalue weighted by molar-refractivity contribution is 0.856. The third-order valence-corrected chi connectivity index (χ3v) is 5.54. The number of rotatable bonds is 2. The van der Waals surface area contributed by atoms with Gasteiger partial charge >= 0.3 is 0 Å². The summed E-state index contributed by atoms with van der Waals surface area (Å²) < 4.78 is 3.31. The first-order valence-corrected chi connectivity index (χ1v) is 8.12. The van der Waals surface area contributed by atoms with E-state index in [-0.39, 0.29) is 6.04 Å². The number of nitrogens with two attached hydrogens (primary N) is 1. The number of benzene rings is 2. The van der Waals surface area contributed by atoms with E-state index in [1.165, 1.54) is 9.13 Å². The summed E-state index contributed by atoms with van der Waals surface area (Å²) in [5, 5.41) is 0. The van der Waals surface area contributed by atoms with E-state index in [2.05, 4.69) is 85.6 Å². The van der Waals surface area contributed by atoms with E-state index < -0.39 is 0 Å². The van der Waals surface area contributed by atoms with Crippen LogP contribution in [-0.4, -0.2) is 0 Å². The minimum absolute atomic E-state index is 0.122. The van der Waals surface area contributed by atoms with Crippen LogP contribution in [0.3, 0.4) is 0 Å². The Hall–Kier alpha value is 0.0900. The smallest absolute Gasteiger partial charge is 0.0573 e. The van der Waals surface area contributed by atoms with Crippen molar-refractivity contribution in [1.29, 1.82) is 0 Å². The molecule has 1 nitrogen and oxygen atoms in total. The SMILES string of the molecule is Cc1cccc(C(N)c2cc(Br)ccc2Br)c1I. The summed E-state index contributed by atoms with van der Waals surface area (Å²) in [7, 11) is 0. The molecule has 1 atom stereocenters. The maximum absolute atomic E-state index is 6.40. The van der Waals surface area contributed by atoms with Crippen LogP contribution in [0.25, 0.3) is 0 Å². The Kier molecular flexibility index (Phi) is 4.86. The molecule has 2 rings (SSSR count). The quantitative estimate of drug-likeness (QED) is 0.589. The molecule has 1 unspecified atom stereocenters. The predicted octanol–water partition coefficient (Wildman–Crippen LogP) is 5.17. The molecule has 2 aromatic carbocycles. The van der Waals surface area contributed by atoms with E-state index in [0.717, 1.165) is 20.1 Å². The van der Waals surface area contributed by atoms with Crippen molar-refractivity contribution in [2.45, 2.75) is 13.0 Å². The summed E-state index contributed by atoms with van der Waals surface area (Å²) in [5.74, 6) is 0. The van der Waals surface area contributed by atoms with Crippen LogP contribution in [0.5, 0.6) is 0 Å². The van der Waals surface area contributed by atoms with Gasteiger partial charge in [0.2, 0.25) is 0 Å². The van der Waals surface area contributed by atoms with Crippen molar-refractivity contribution < 1.29 is 0 Å². The molecule has 0 bridgehead atoms. The van der Waals surface area contributed by atoms with Crippen LogP contribution in [0.4, 0.5) is 0 Å². The second kappa shape index (κ2) is 6.03. The molecule has 0 fully saturated rings. The van der Waals surface area contributed by atoms with Crippen molar-refractivity contribution in [2.75, 3.05) is 0 Å². The van der Waals surface area contributed by atoms with Gasteiger partial charge in [-0.15, -0.1) is 0 Å². The fourth-order valence-corrected chi connectivity index (χ4v) is 3.40. The molecule has 4 heteroatoms. The Bertz CT molecular complexity index is 582. The number of aryl methyl sites for hydroxylation is 1. The minimum Gasteiger partial charge on any atom is -0.320 e. The highest BCUT2D eigenvalue weighted by Gasteiger charge is 2.16. The van der Waals surface area contributed by atoms with Gasteiger partial charge in [-0.25, -0.2) is 0 Å². The molecule has 0 amide bonds. The zero-order valence-corrected chi connectivity index (χ0v) is 15.1. The summed E-state index contributed by atoms with van der Waals surface area (Å²) in [4.78, 5) is 0. The van der Waals surface area contributed by atoms with Crippen molar-refractivity contribution in [3.63, 3.8) is 0 Å². The minimum atomic E-state index is -0.122. The van der Waals surface area contributed by atoms with Crippen LogP contribution < -0.4 is 5.73 Å². The summed E-state index contributed by atoms with van der Waals surface area (Å²) in [6, 6.07) is 12.2. The lowest BCUT2D eigenvalue weighted by atomic mass is 9.98. The highest BCUT2D eigenvalue weighted by atomic mass is 127. The van der Waals surface area contributed by atoms with Crippen molar-refractivity contribution >= 4 is 54.5 Å². The Balaban J connectivity index is 2.51. The van der Waals surface area contributed by atoms with Gasteiger partial charge in [-0.3, -0.25) is 0 Å². The molecule has 0 heterocycles. The molecule has 0 aliphatic carbocycles. The van der Waals surface area contributed by atoms with Crippen molar-refractivity contribution in [3.8, 4) is 0 Å². The molecule has 0 saturated heterocycles. The normalized spacial score (nSPS) is 12.5. The second-order valence-electron chi connectivity index (χ2n) is 4.12. The Labute approximate surface area is 138 Å². The third-order valence-electron chi connectivity index (χ3n) is 2.85. The lowest BCUT2D eigenvalue weighted by Gasteiger charge is -2.17. The fourth-order valence-electron chi connectivity index (χ4n) is 1.83. The zero-order chi connectivity index (χ0) is 13.3. The van der Waals surface area contributed by atoms with E-state index in [9.17, 15) is 0 Å². The van der Waals surface area contributed by atoms with Crippen LogP contribution in [0.15, 0.2) is 45.3 Å². The van der Waals surface area contributed by atoms with Gasteiger partial charge in [-0.05, 0) is 64.4 Å². The van der Waals surface area contributed by atoms with E-state index in [4.69, 9.17) is 5.73 Å². The molecule has 2 aromatic rings. The van der Waals surface area contributed by atoms with Gasteiger partial charge in [0.15, 0.2) is 0 Å². The van der Waals surface area contributed by atoms with Gasteiger partial charge in [0, 0.05) is 12.5 Å². The molecule has 0 aliphatic heterocycles. The van der Waals surface area contributed by atoms with Gasteiger partial charge in [-0.1, -0.05) is 50.1 Å². The standard InChI is InChI=1S/C14H12Br2IN/c1-8-3-2-4-10(13(8)17)14(18)11-7-9(15)5-6-12(11)16/h2-7,14H,18H2,1H3. The highest BCUT2D eigenvalue weighted by Crippen LogP contribution is 2.32. The molecule has 0 saturated carbocycles. The monoisotopic (exact) mass is 479 g/mol. The molecule has 2 N–H and O–H groups in total. The van der Waals surface area contributed by atoms with Crippen LogP contribution in [0, 0.1) is 10.5 Å². The van der Waals surface area contributed by atoms with Gasteiger partial charge in [0.25, 0.3) is 0 Å². The number of halogens is 3. The van der Waals surface area contributed by atoms with Crippen molar-refractivity contribution in [3.05, 3.63) is 65.6 Å². The molecular weight excluding hydrogens is 469 g/mol. The van der Waals surface area contributed by atoms with E-state index >= 15 is 0 Å². The van der Waals surface area contributed by atoms with Crippen LogP contribution in [-0.2, 0) is 0 Å². The Morgan fingerprint density at radius 3 is 2.56 bits per heavy atom. The maximum Gasteiger partial charge on any atom is 0.0573 e. The average molecular weight is 481 g/mol. The van der Waals surface area contributed by atoms with Gasteiger partial charge in [0.05, 0.1) is 6.04 Å². The molecular formula is C14H12Br2IN. The number of hydrogen-bond acceptors (Lipinski definition) is 1. The van der Waals surface area contributed by atoms with Gasteiger partial charge < -0.3 is 5.73 Å². The van der Waals surface area contributed by atoms with E-state index in [1.54, 1.807) is 0 Å². The first-order chi connectivity index (χ1) is 8.50. The summed E-state index contributed by atoms with van der Waals surface area (Å²) in [6.07, 6.45) is 0. The first-order valence-electron chi connectivity index (χ1n) is 5.46. The molecule has 0 aliphatic rings. The topological polar surface area (TPSA) is 26.0 Å². The Morgan fingerprint density at radius 2 is 1.83 bits per heavy atom. The van der Waals surface area contributed by atoms with Crippen molar-refractivity contribution in [2.24, 2.45) is 5.73 Å². The second-order valence-corrected chi connectivity index (χ2v) is 6.97. The largest absolute Gasteiger partial charge is 0.320 e. The lowest BCUT2D eigenvalue weighted by Crippen LogP contribution is -2.14. The third kappa shape index (κ3) is 2.98. The summed E-state index contributed by atoms with van der Waals surface area (Å²) in [5.41, 5.74) is 9.91. The van der Waals surface area contributed by atoms with Crippen LogP contribution in [0.1, 0.15) is 22.7 Å². The molecule has 94 valence electrons. The Morgan fingerprint density at radius 1 is 1.11 bits per heavy atom. The number of hydrogen-bond donors (Lipinski definition) is 1. The molecule has 0 aromatic heterocycles. The molecule has 18 heavy (non-hydrogen) atoms. The van der Waals surface area contributed by atoms with Gasteiger partial charge in [-0.2, -0.15) is 0 Å². The summed E-state index contributed by atoms with van der Waals surface area (Å²) in [6.45, 7) is 2.11. The van der Waals surface area contributed by atoms with Gasteiger partial charge in [0.1, 0.15) is 0 Å². The van der Waals surface area contributed by atoms with Crippen LogP contribution >= 0.6 is 54.5 Å². The highest BCUT2D eigenvalue weighted by molar-refractivity contribution is 14.1. The zero-order valence-electron chi connectivity index (χ0n) is 9.75. The fraction of sp³-hybridized carbons (Fsp3) is 0.143. The van der Waals surface area contributed by atoms with Crippen LogP contribution in [0.2, 0.25) is 0 Å². The van der Waals surface area contributed by atoms with E-state index in [1.807, 2.05) is 12.1 Å². The summed E-state index contributed by atoms with van der Waals surface area (Å²) >= 11 is 9.42. The maximum atomic E-state index is 6.40. The molecule has 0 radical (unpaired) electrons.